The van der Waals surface area contributed by atoms with E-state index in [9.17, 15) is 9.59 Å². The topological polar surface area (TPSA) is 181 Å². The van der Waals surface area contributed by atoms with Crippen molar-refractivity contribution in [2.75, 3.05) is 36.0 Å². The predicted molar refractivity (Wildman–Crippen MR) is 376 cm³/mol. The van der Waals surface area contributed by atoms with Crippen LogP contribution in [0.3, 0.4) is 0 Å². The first-order chi connectivity index (χ1) is 44.4. The maximum Gasteiger partial charge on any atom is 2.00 e. The van der Waals surface area contributed by atoms with Gasteiger partial charge in [0.1, 0.15) is 23.3 Å². The van der Waals surface area contributed by atoms with Gasteiger partial charge in [-0.25, -0.2) is 29.9 Å². The Balaban J connectivity index is 0.000000231. The molecule has 0 bridgehead atoms. The van der Waals surface area contributed by atoms with Crippen LogP contribution in [0.4, 0.5) is 69.0 Å². The fourth-order valence-corrected chi connectivity index (χ4v) is 10.1. The van der Waals surface area contributed by atoms with Crippen LogP contribution in [0.15, 0.2) is 212 Å². The number of allylic oxidation sites excluding steroid dienone is 4. The summed E-state index contributed by atoms with van der Waals surface area (Å²) >= 11 is 0. The van der Waals surface area contributed by atoms with Crippen molar-refractivity contribution >= 4 is 80.6 Å². The molecule has 2 N–H and O–H groups in total. The second-order valence-electron chi connectivity index (χ2n) is 23.2. The van der Waals surface area contributed by atoms with Crippen molar-refractivity contribution in [3.63, 3.8) is 0 Å². The average Bonchev–Trinajstić information content (AvgIpc) is 1.62. The quantitative estimate of drug-likeness (QED) is 0.0529. The minimum absolute atomic E-state index is 0. The normalized spacial score (nSPS) is 13.4. The monoisotopic (exact) mass is 1640 g/mol. The van der Waals surface area contributed by atoms with E-state index in [-0.39, 0.29) is 79.0 Å². The third kappa shape index (κ3) is 21.6. The molecule has 0 fully saturated rings. The average molecular weight is 1640 g/mol. The Bertz CT molecular complexity index is 3670. The number of aromatic nitrogens is 6. The van der Waals surface area contributed by atoms with Gasteiger partial charge >= 0.3 is 42.1 Å². The van der Waals surface area contributed by atoms with E-state index in [1.54, 1.807) is 0 Å². The van der Waals surface area contributed by atoms with Crippen LogP contribution >= 0.6 is 0 Å². The molecule has 12 rings (SSSR count). The number of rotatable bonds is 16. The van der Waals surface area contributed by atoms with Crippen LogP contribution < -0.4 is 29.4 Å². The first-order valence-corrected chi connectivity index (χ1v) is 30.9. The van der Waals surface area contributed by atoms with E-state index < -0.39 is 0 Å². The first kappa shape index (κ1) is 76.8. The minimum Gasteiger partial charge on any atom is -0.512 e. The number of aliphatic hydroxyl groups excluding tert-OH is 2. The molecule has 6 aromatic carbocycles. The van der Waals surface area contributed by atoms with Gasteiger partial charge in [-0.15, -0.1) is 24.7 Å². The molecule has 19 heteroatoms. The third-order valence-corrected chi connectivity index (χ3v) is 13.7. The Morgan fingerprint density at radius 3 is 1.12 bits per heavy atom. The van der Waals surface area contributed by atoms with E-state index in [1.807, 2.05) is 165 Å². The fraction of sp³-hybridized carbons (Fsp3) is 0.263. The van der Waals surface area contributed by atoms with Gasteiger partial charge in [0.2, 0.25) is 6.35 Å². The molecule has 0 amide bonds. The van der Waals surface area contributed by atoms with Gasteiger partial charge < -0.3 is 34.5 Å². The van der Waals surface area contributed by atoms with E-state index in [4.69, 9.17) is 44.9 Å². The van der Waals surface area contributed by atoms with Crippen molar-refractivity contribution < 1.29 is 66.7 Å². The maximum absolute atomic E-state index is 10.0. The molecule has 6 heterocycles. The third-order valence-electron chi connectivity index (χ3n) is 13.7. The molecule has 0 saturated heterocycles. The molecular weight excluding hydrogens is 1550 g/mol. The number of hydrogen-bond acceptors (Lipinski definition) is 17. The Labute approximate surface area is 590 Å². The van der Waals surface area contributed by atoms with E-state index >= 15 is 0 Å². The van der Waals surface area contributed by atoms with Gasteiger partial charge in [-0.2, -0.15) is 60.7 Å². The van der Waals surface area contributed by atoms with Crippen LogP contribution in [0.2, 0.25) is 0 Å². The van der Waals surface area contributed by atoms with E-state index in [0.717, 1.165) is 105 Å². The van der Waals surface area contributed by atoms with Crippen molar-refractivity contribution in [3.05, 3.63) is 255 Å². The predicted octanol–water partition coefficient (Wildman–Crippen LogP) is 17.8. The first-order valence-electron chi connectivity index (χ1n) is 30.9. The van der Waals surface area contributed by atoms with Crippen molar-refractivity contribution in [1.82, 2.24) is 29.9 Å². The number of benzene rings is 6. The Hall–Kier alpha value is -8.88. The molecular formula is C76H86N12O5Pt2. The molecule has 3 aliphatic heterocycles. The number of fused-ring (bicyclic) bond motifs is 3. The van der Waals surface area contributed by atoms with Crippen molar-refractivity contribution in [2.45, 2.75) is 109 Å². The summed E-state index contributed by atoms with van der Waals surface area (Å²) < 4.78 is 6.21. The number of ketones is 2. The summed E-state index contributed by atoms with van der Waals surface area (Å²) in [4.78, 5) is 61.6. The van der Waals surface area contributed by atoms with Crippen LogP contribution in [-0.4, -0.2) is 64.6 Å². The SMILES string of the molecule is C.CC(=O)C=C(C)O.CC(=O)C=C(C)O.CC(C)Cc1cnc2c(n1)N(c1[c-]cccc1)[CH-]N2c1ccccc1.CC(C)Cc1cnc2c(n1)N(c1ccccc1)[CH-]N2c1[c-]cccc1.CCOC1N(c2ccccc2)c2ncc(CC(C)C)nc2N1c1ccccc1.[Pt+2].[Pt+2]. The number of aliphatic hydroxyl groups is 2. The molecule has 3 aromatic heterocycles. The van der Waals surface area contributed by atoms with Crippen LogP contribution in [0.1, 0.15) is 101 Å². The molecule has 17 nitrogen and oxygen atoms in total. The number of carbonyl (C=O) groups excluding carboxylic acids is 2. The molecule has 1 unspecified atom stereocenters. The fourth-order valence-electron chi connectivity index (χ4n) is 10.1. The standard InChI is InChI=1S/C23H26N4O.2C21H20N4.2C5H8O2.CH4.2Pt/c1-4-28-23-26(19-11-7-5-8-12-19)21-22(25-18(16-24-21)15-17(2)3)27(23)20-13-9-6-10-14-20;2*1-16(2)13-17-14-22-20-21(23-17)25(19-11-7-4-8-12-19)15-24(20)18-9-5-3-6-10-18;2*1-4(6)3-5(2)7;;;/h5-14,16-17,23H,4,15H2,1-3H3;3-9,11-12,14-16H,13H2,1-2H3;3-11,14-16H,13H2,1-2H3;2*3,6H,1-2H3;1H4;;/q;2*-2;;;;2*+2. The Morgan fingerprint density at radius 1 is 0.463 bits per heavy atom. The molecule has 3 aliphatic rings. The van der Waals surface area contributed by atoms with Crippen LogP contribution in [0.25, 0.3) is 0 Å². The Morgan fingerprint density at radius 2 is 0.779 bits per heavy atom. The second-order valence-corrected chi connectivity index (χ2v) is 23.2. The summed E-state index contributed by atoms with van der Waals surface area (Å²) in [5.41, 5.74) is 9.14. The minimum atomic E-state index is -0.334. The van der Waals surface area contributed by atoms with Gasteiger partial charge in [0, 0.05) is 41.5 Å². The van der Waals surface area contributed by atoms with Crippen LogP contribution in [-0.2, 0) is 75.7 Å². The van der Waals surface area contributed by atoms with Crippen molar-refractivity contribution in [3.8, 4) is 0 Å². The zero-order valence-electron chi connectivity index (χ0n) is 55.0. The second kappa shape index (κ2) is 37.9. The molecule has 0 saturated carbocycles. The number of anilines is 12. The van der Waals surface area contributed by atoms with Gasteiger partial charge in [0.05, 0.1) is 47.2 Å². The number of carbonyl (C=O) groups is 2. The molecule has 0 aliphatic carbocycles. The molecule has 0 radical (unpaired) electrons. The van der Waals surface area contributed by atoms with Crippen LogP contribution in [0.5, 0.6) is 0 Å². The summed E-state index contributed by atoms with van der Waals surface area (Å²) in [5.74, 6) is 6.53. The number of para-hydroxylation sites is 6. The smallest absolute Gasteiger partial charge is 0.512 e. The van der Waals surface area contributed by atoms with Gasteiger partial charge in [0.25, 0.3) is 0 Å². The number of hydrogen-bond donors (Lipinski definition) is 2. The zero-order chi connectivity index (χ0) is 65.7. The zero-order valence-corrected chi connectivity index (χ0v) is 59.5. The van der Waals surface area contributed by atoms with Gasteiger partial charge in [-0.3, -0.25) is 19.4 Å². The molecule has 0 spiro atoms. The summed E-state index contributed by atoms with van der Waals surface area (Å²) in [6, 6.07) is 63.3. The van der Waals surface area contributed by atoms with Gasteiger partial charge in [-0.1, -0.05) is 122 Å². The van der Waals surface area contributed by atoms with E-state index in [0.29, 0.717) is 24.4 Å². The van der Waals surface area contributed by atoms with Crippen molar-refractivity contribution in [1.29, 1.82) is 0 Å². The molecule has 500 valence electrons. The molecule has 1 atom stereocenters. The van der Waals surface area contributed by atoms with E-state index in [1.165, 1.54) is 39.8 Å². The number of nitrogens with zero attached hydrogens (tertiary/aromatic N) is 12. The summed E-state index contributed by atoms with van der Waals surface area (Å²) in [6.45, 7) is 25.5. The van der Waals surface area contributed by atoms with Crippen LogP contribution in [0, 0.1) is 43.2 Å². The summed E-state index contributed by atoms with van der Waals surface area (Å²) in [7, 11) is 0. The molecule has 95 heavy (non-hydrogen) atoms. The summed E-state index contributed by atoms with van der Waals surface area (Å²) in [6.07, 6.45) is 10.4. The van der Waals surface area contributed by atoms with Crippen molar-refractivity contribution in [2.24, 2.45) is 17.8 Å². The largest absolute Gasteiger partial charge is 2.00 e. The maximum atomic E-state index is 10.0. The van der Waals surface area contributed by atoms with E-state index in [2.05, 4.69) is 127 Å². The Kier molecular flexibility index (Phi) is 30.6. The molecule has 9 aromatic rings. The summed E-state index contributed by atoms with van der Waals surface area (Å²) in [5, 5.41) is 16.7. The van der Waals surface area contributed by atoms with Gasteiger partial charge in [0.15, 0.2) is 23.2 Å². The number of ether oxygens (including phenoxy) is 1. The van der Waals surface area contributed by atoms with Gasteiger partial charge in [-0.05, 0) is 120 Å².